The van der Waals surface area contributed by atoms with Crippen LogP contribution in [0.1, 0.15) is 38.5 Å². The Hall–Kier alpha value is -1.22. The summed E-state index contributed by atoms with van der Waals surface area (Å²) in [6, 6.07) is 8.96. The van der Waals surface area contributed by atoms with E-state index in [0.717, 1.165) is 17.6 Å². The SMILES string of the molecule is COCCOc1cccc(NC2CCCC(C3CC3)C2)c1. The molecule has 0 spiro atoms. The van der Waals surface area contributed by atoms with E-state index >= 15 is 0 Å². The van der Waals surface area contributed by atoms with Gasteiger partial charge >= 0.3 is 0 Å². The maximum atomic E-state index is 5.68. The lowest BCUT2D eigenvalue weighted by Crippen LogP contribution is -2.28. The first-order chi connectivity index (χ1) is 10.3. The van der Waals surface area contributed by atoms with Gasteiger partial charge in [-0.25, -0.2) is 0 Å². The minimum atomic E-state index is 0.604. The number of hydrogen-bond acceptors (Lipinski definition) is 3. The predicted octanol–water partition coefficient (Wildman–Crippen LogP) is 4.09. The van der Waals surface area contributed by atoms with Crippen molar-refractivity contribution in [2.45, 2.75) is 44.6 Å². The van der Waals surface area contributed by atoms with Crippen molar-refractivity contribution < 1.29 is 9.47 Å². The van der Waals surface area contributed by atoms with Gasteiger partial charge in [-0.2, -0.15) is 0 Å². The Bertz CT molecular complexity index is 445. The van der Waals surface area contributed by atoms with Gasteiger partial charge in [0.25, 0.3) is 0 Å². The first kappa shape index (κ1) is 14.7. The van der Waals surface area contributed by atoms with Crippen LogP contribution in [0.2, 0.25) is 0 Å². The normalized spacial score (nSPS) is 25.6. The summed E-state index contributed by atoms with van der Waals surface area (Å²) in [5.74, 6) is 2.93. The van der Waals surface area contributed by atoms with E-state index in [1.807, 2.05) is 6.07 Å². The smallest absolute Gasteiger partial charge is 0.121 e. The quantitative estimate of drug-likeness (QED) is 0.767. The number of hydrogen-bond donors (Lipinski definition) is 1. The Morgan fingerprint density at radius 3 is 2.81 bits per heavy atom. The highest BCUT2D eigenvalue weighted by Gasteiger charge is 2.34. The van der Waals surface area contributed by atoms with Crippen molar-refractivity contribution in [3.8, 4) is 5.75 Å². The van der Waals surface area contributed by atoms with E-state index in [1.54, 1.807) is 7.11 Å². The highest BCUT2D eigenvalue weighted by atomic mass is 16.5. The van der Waals surface area contributed by atoms with E-state index in [0.29, 0.717) is 19.3 Å². The van der Waals surface area contributed by atoms with Crippen LogP contribution in [-0.4, -0.2) is 26.4 Å². The molecule has 3 heteroatoms. The second kappa shape index (κ2) is 7.17. The van der Waals surface area contributed by atoms with Crippen molar-refractivity contribution in [2.75, 3.05) is 25.6 Å². The summed E-state index contributed by atoms with van der Waals surface area (Å²) < 4.78 is 10.7. The van der Waals surface area contributed by atoms with E-state index in [2.05, 4.69) is 23.5 Å². The molecule has 0 saturated heterocycles. The number of rotatable bonds is 7. The van der Waals surface area contributed by atoms with E-state index in [1.165, 1.54) is 44.2 Å². The fourth-order valence-corrected chi connectivity index (χ4v) is 3.51. The van der Waals surface area contributed by atoms with Gasteiger partial charge in [0.05, 0.1) is 6.61 Å². The van der Waals surface area contributed by atoms with E-state index in [4.69, 9.17) is 9.47 Å². The molecule has 0 amide bonds. The first-order valence-corrected chi connectivity index (χ1v) is 8.33. The Morgan fingerprint density at radius 2 is 2.00 bits per heavy atom. The van der Waals surface area contributed by atoms with Gasteiger partial charge in [0.1, 0.15) is 12.4 Å². The van der Waals surface area contributed by atoms with Crippen LogP contribution in [0.25, 0.3) is 0 Å². The second-order valence-corrected chi connectivity index (χ2v) is 6.47. The van der Waals surface area contributed by atoms with Gasteiger partial charge in [-0.3, -0.25) is 0 Å². The van der Waals surface area contributed by atoms with Gasteiger partial charge in [-0.05, 0) is 49.7 Å². The average Bonchev–Trinajstić information content (AvgIpc) is 3.33. The molecule has 1 aromatic rings. The van der Waals surface area contributed by atoms with Crippen LogP contribution in [-0.2, 0) is 4.74 Å². The molecule has 0 aliphatic heterocycles. The van der Waals surface area contributed by atoms with Crippen molar-refractivity contribution in [2.24, 2.45) is 11.8 Å². The molecular weight excluding hydrogens is 262 g/mol. The fourth-order valence-electron chi connectivity index (χ4n) is 3.51. The maximum absolute atomic E-state index is 5.68. The Balaban J connectivity index is 1.52. The molecule has 2 unspecified atom stereocenters. The van der Waals surface area contributed by atoms with Gasteiger partial charge in [0.2, 0.25) is 0 Å². The van der Waals surface area contributed by atoms with Crippen LogP contribution in [0, 0.1) is 11.8 Å². The van der Waals surface area contributed by atoms with Crippen molar-refractivity contribution in [1.82, 2.24) is 0 Å². The summed E-state index contributed by atoms with van der Waals surface area (Å²) in [5, 5.41) is 3.71. The molecule has 2 aliphatic carbocycles. The summed E-state index contributed by atoms with van der Waals surface area (Å²) in [4.78, 5) is 0. The molecule has 2 saturated carbocycles. The molecule has 0 heterocycles. The van der Waals surface area contributed by atoms with Gasteiger partial charge in [0.15, 0.2) is 0 Å². The first-order valence-electron chi connectivity index (χ1n) is 8.33. The lowest BCUT2D eigenvalue weighted by molar-refractivity contribution is 0.146. The van der Waals surface area contributed by atoms with E-state index < -0.39 is 0 Å². The zero-order chi connectivity index (χ0) is 14.5. The number of benzene rings is 1. The fraction of sp³-hybridized carbons (Fsp3) is 0.667. The number of nitrogens with one attached hydrogen (secondary N) is 1. The molecule has 1 N–H and O–H groups in total. The predicted molar refractivity (Wildman–Crippen MR) is 85.9 cm³/mol. The number of methoxy groups -OCH3 is 1. The summed E-state index contributed by atoms with van der Waals surface area (Å²) >= 11 is 0. The average molecular weight is 289 g/mol. The van der Waals surface area contributed by atoms with Crippen LogP contribution in [0.3, 0.4) is 0 Å². The summed E-state index contributed by atoms with van der Waals surface area (Å²) in [7, 11) is 1.70. The third-order valence-corrected chi connectivity index (χ3v) is 4.76. The van der Waals surface area contributed by atoms with Gasteiger partial charge in [-0.15, -0.1) is 0 Å². The van der Waals surface area contributed by atoms with Gasteiger partial charge in [-0.1, -0.05) is 18.9 Å². The van der Waals surface area contributed by atoms with Crippen LogP contribution >= 0.6 is 0 Å². The molecule has 1 aromatic carbocycles. The minimum Gasteiger partial charge on any atom is -0.491 e. The molecule has 3 rings (SSSR count). The van der Waals surface area contributed by atoms with Crippen LogP contribution in [0.15, 0.2) is 24.3 Å². The molecular formula is C18H27NO2. The Kier molecular flexibility index (Phi) is 5.02. The number of anilines is 1. The topological polar surface area (TPSA) is 30.5 Å². The highest BCUT2D eigenvalue weighted by molar-refractivity contribution is 5.48. The van der Waals surface area contributed by atoms with E-state index in [9.17, 15) is 0 Å². The summed E-state index contributed by atoms with van der Waals surface area (Å²) in [6.07, 6.45) is 8.42. The molecule has 21 heavy (non-hydrogen) atoms. The van der Waals surface area contributed by atoms with Crippen molar-refractivity contribution in [3.63, 3.8) is 0 Å². The molecule has 0 radical (unpaired) electrons. The second-order valence-electron chi connectivity index (χ2n) is 6.47. The molecule has 116 valence electrons. The molecule has 3 nitrogen and oxygen atoms in total. The zero-order valence-electron chi connectivity index (χ0n) is 13.0. The molecule has 2 fully saturated rings. The Morgan fingerprint density at radius 1 is 1.10 bits per heavy atom. The van der Waals surface area contributed by atoms with Gasteiger partial charge in [0, 0.05) is 24.9 Å². The lowest BCUT2D eigenvalue weighted by atomic mass is 9.82. The van der Waals surface area contributed by atoms with Gasteiger partial charge < -0.3 is 14.8 Å². The summed E-state index contributed by atoms with van der Waals surface area (Å²) in [6.45, 7) is 1.23. The summed E-state index contributed by atoms with van der Waals surface area (Å²) in [5.41, 5.74) is 1.19. The van der Waals surface area contributed by atoms with Crippen LogP contribution in [0.5, 0.6) is 5.75 Å². The zero-order valence-corrected chi connectivity index (χ0v) is 13.0. The third kappa shape index (κ3) is 4.37. The Labute approximate surface area is 128 Å². The standard InChI is InChI=1S/C18H27NO2/c1-20-10-11-21-18-7-3-6-17(13-18)19-16-5-2-4-15(12-16)14-8-9-14/h3,6-7,13-16,19H,2,4-5,8-12H2,1H3. The van der Waals surface area contributed by atoms with Crippen molar-refractivity contribution >= 4 is 5.69 Å². The molecule has 0 aromatic heterocycles. The van der Waals surface area contributed by atoms with Crippen LogP contribution < -0.4 is 10.1 Å². The molecule has 2 aliphatic rings. The third-order valence-electron chi connectivity index (χ3n) is 4.76. The minimum absolute atomic E-state index is 0.604. The monoisotopic (exact) mass is 289 g/mol. The van der Waals surface area contributed by atoms with Crippen molar-refractivity contribution in [3.05, 3.63) is 24.3 Å². The highest BCUT2D eigenvalue weighted by Crippen LogP contribution is 2.44. The maximum Gasteiger partial charge on any atom is 0.121 e. The molecule has 0 bridgehead atoms. The molecule has 2 atom stereocenters. The largest absolute Gasteiger partial charge is 0.491 e. The van der Waals surface area contributed by atoms with Crippen molar-refractivity contribution in [1.29, 1.82) is 0 Å². The lowest BCUT2D eigenvalue weighted by Gasteiger charge is -2.30. The van der Waals surface area contributed by atoms with Crippen LogP contribution in [0.4, 0.5) is 5.69 Å². The van der Waals surface area contributed by atoms with E-state index in [-0.39, 0.29) is 0 Å². The number of ether oxygens (including phenoxy) is 2.